The van der Waals surface area contributed by atoms with Gasteiger partial charge in [-0.15, -0.1) is 0 Å². The van der Waals surface area contributed by atoms with Crippen molar-refractivity contribution in [2.24, 2.45) is 0 Å². The number of benzene rings is 1. The van der Waals surface area contributed by atoms with Crippen LogP contribution >= 0.6 is 31.9 Å². The van der Waals surface area contributed by atoms with E-state index in [0.717, 1.165) is 39.0 Å². The Kier molecular flexibility index (Phi) is 5.49. The topological polar surface area (TPSA) is 27.1 Å². The molecule has 0 aliphatic carbocycles. The van der Waals surface area contributed by atoms with E-state index in [9.17, 15) is 0 Å². The third kappa shape index (κ3) is 3.51. The van der Waals surface area contributed by atoms with E-state index in [1.165, 1.54) is 11.1 Å². The van der Waals surface area contributed by atoms with Gasteiger partial charge in [0.2, 0.25) is 0 Å². The smallest absolute Gasteiger partial charge is 0.131 e. The van der Waals surface area contributed by atoms with E-state index in [0.29, 0.717) is 6.61 Å². The van der Waals surface area contributed by atoms with Gasteiger partial charge in [-0.3, -0.25) is 4.68 Å². The number of aryl methyl sites for hydroxylation is 4. The number of hydrogen-bond donors (Lipinski definition) is 0. The molecule has 0 atom stereocenters. The molecule has 0 unspecified atom stereocenters. The average Bonchev–Trinajstić information content (AvgIpc) is 2.78. The number of nitrogens with zero attached hydrogens (tertiary/aromatic N) is 2. The number of rotatable bonds is 5. The Balaban J connectivity index is 2.22. The minimum Gasteiger partial charge on any atom is -0.487 e. The van der Waals surface area contributed by atoms with Crippen molar-refractivity contribution in [3.63, 3.8) is 0 Å². The van der Waals surface area contributed by atoms with Crippen molar-refractivity contribution in [3.05, 3.63) is 43.6 Å². The van der Waals surface area contributed by atoms with Crippen molar-refractivity contribution >= 4 is 31.9 Å². The summed E-state index contributed by atoms with van der Waals surface area (Å²) in [6, 6.07) is 4.11. The third-order valence-corrected chi connectivity index (χ3v) is 5.65. The molecule has 2 aromatic rings. The van der Waals surface area contributed by atoms with Crippen LogP contribution in [-0.4, -0.2) is 9.78 Å². The van der Waals surface area contributed by atoms with Gasteiger partial charge in [-0.2, -0.15) is 5.10 Å². The summed E-state index contributed by atoms with van der Waals surface area (Å²) in [7, 11) is 0. The highest BCUT2D eigenvalue weighted by atomic mass is 79.9. The molecule has 0 aliphatic heterocycles. The van der Waals surface area contributed by atoms with Gasteiger partial charge in [0, 0.05) is 11.0 Å². The Morgan fingerprint density at radius 3 is 2.24 bits per heavy atom. The van der Waals surface area contributed by atoms with E-state index in [1.54, 1.807) is 0 Å². The Morgan fingerprint density at radius 2 is 1.71 bits per heavy atom. The maximum atomic E-state index is 5.98. The minimum absolute atomic E-state index is 0.516. The molecule has 1 aromatic carbocycles. The van der Waals surface area contributed by atoms with E-state index in [2.05, 4.69) is 76.8 Å². The molecule has 0 spiro atoms. The van der Waals surface area contributed by atoms with Crippen LogP contribution in [-0.2, 0) is 19.6 Å². The SMILES string of the molecule is CCc1nn(CC)c(COc2cc(C)c(Br)c(C)c2)c1Br. The van der Waals surface area contributed by atoms with E-state index in [-0.39, 0.29) is 0 Å². The summed E-state index contributed by atoms with van der Waals surface area (Å²) >= 11 is 7.23. The van der Waals surface area contributed by atoms with Gasteiger partial charge in [-0.05, 0) is 66.4 Å². The number of hydrogen-bond acceptors (Lipinski definition) is 2. The van der Waals surface area contributed by atoms with Gasteiger partial charge < -0.3 is 4.74 Å². The monoisotopic (exact) mass is 414 g/mol. The van der Waals surface area contributed by atoms with E-state index < -0.39 is 0 Å². The molecule has 21 heavy (non-hydrogen) atoms. The van der Waals surface area contributed by atoms with Crippen molar-refractivity contribution in [2.45, 2.75) is 47.3 Å². The number of aromatic nitrogens is 2. The van der Waals surface area contributed by atoms with Gasteiger partial charge in [-0.25, -0.2) is 0 Å². The highest BCUT2D eigenvalue weighted by Crippen LogP contribution is 2.28. The fourth-order valence-corrected chi connectivity index (χ4v) is 3.20. The van der Waals surface area contributed by atoms with Crippen LogP contribution in [0.1, 0.15) is 36.4 Å². The van der Waals surface area contributed by atoms with Gasteiger partial charge in [0.05, 0.1) is 15.9 Å². The quantitative estimate of drug-likeness (QED) is 0.672. The highest BCUT2D eigenvalue weighted by Gasteiger charge is 2.14. The zero-order valence-electron chi connectivity index (χ0n) is 12.8. The second-order valence-electron chi connectivity index (χ2n) is 5.04. The largest absolute Gasteiger partial charge is 0.487 e. The molecule has 0 radical (unpaired) electrons. The summed E-state index contributed by atoms with van der Waals surface area (Å²) in [5.74, 6) is 0.891. The lowest BCUT2D eigenvalue weighted by Crippen LogP contribution is -2.07. The normalized spacial score (nSPS) is 11.0. The van der Waals surface area contributed by atoms with E-state index >= 15 is 0 Å². The first-order chi connectivity index (χ1) is 9.97. The van der Waals surface area contributed by atoms with Crippen molar-refractivity contribution in [3.8, 4) is 5.75 Å². The molecule has 0 bridgehead atoms. The molecule has 1 heterocycles. The minimum atomic E-state index is 0.516. The molecule has 114 valence electrons. The molecule has 5 heteroatoms. The summed E-state index contributed by atoms with van der Waals surface area (Å²) in [5.41, 5.74) is 4.54. The molecule has 0 N–H and O–H groups in total. The maximum Gasteiger partial charge on any atom is 0.131 e. The van der Waals surface area contributed by atoms with Crippen LogP contribution in [0.25, 0.3) is 0 Å². The molecule has 0 fully saturated rings. The Hall–Kier alpha value is -0.810. The van der Waals surface area contributed by atoms with Crippen LogP contribution in [0.2, 0.25) is 0 Å². The fraction of sp³-hybridized carbons (Fsp3) is 0.438. The molecular formula is C16H20Br2N2O. The van der Waals surface area contributed by atoms with Crippen LogP contribution in [0, 0.1) is 13.8 Å². The van der Waals surface area contributed by atoms with Crippen molar-refractivity contribution in [2.75, 3.05) is 0 Å². The maximum absolute atomic E-state index is 5.98. The summed E-state index contributed by atoms with van der Waals surface area (Å²) < 4.78 is 10.2. The van der Waals surface area contributed by atoms with Gasteiger partial charge in [0.1, 0.15) is 12.4 Å². The highest BCUT2D eigenvalue weighted by molar-refractivity contribution is 9.10. The summed E-state index contributed by atoms with van der Waals surface area (Å²) in [4.78, 5) is 0. The number of halogens is 2. The van der Waals surface area contributed by atoms with Crippen LogP contribution < -0.4 is 4.74 Å². The zero-order chi connectivity index (χ0) is 15.6. The Labute approximate surface area is 142 Å². The van der Waals surface area contributed by atoms with Crippen LogP contribution in [0.15, 0.2) is 21.1 Å². The summed E-state index contributed by atoms with van der Waals surface area (Å²) in [6.07, 6.45) is 0.914. The van der Waals surface area contributed by atoms with E-state index in [1.807, 2.05) is 4.68 Å². The molecule has 0 saturated heterocycles. The van der Waals surface area contributed by atoms with Crippen LogP contribution in [0.3, 0.4) is 0 Å². The lowest BCUT2D eigenvalue weighted by molar-refractivity contribution is 0.291. The van der Waals surface area contributed by atoms with Gasteiger partial charge in [0.25, 0.3) is 0 Å². The Bertz CT molecular complexity index is 627. The zero-order valence-corrected chi connectivity index (χ0v) is 16.0. The lowest BCUT2D eigenvalue weighted by atomic mass is 10.1. The first-order valence-corrected chi connectivity index (χ1v) is 8.70. The van der Waals surface area contributed by atoms with Gasteiger partial charge >= 0.3 is 0 Å². The molecule has 1 aromatic heterocycles. The molecule has 0 saturated carbocycles. The predicted molar refractivity (Wildman–Crippen MR) is 92.9 cm³/mol. The fourth-order valence-electron chi connectivity index (χ4n) is 2.30. The molecule has 2 rings (SSSR count). The van der Waals surface area contributed by atoms with Crippen LogP contribution in [0.4, 0.5) is 0 Å². The predicted octanol–water partition coefficient (Wildman–Crippen LogP) is 5.19. The molecule has 0 aliphatic rings. The van der Waals surface area contributed by atoms with Crippen molar-refractivity contribution in [1.82, 2.24) is 9.78 Å². The summed E-state index contributed by atoms with van der Waals surface area (Å²) in [6.45, 7) is 9.71. The number of ether oxygens (including phenoxy) is 1. The standard InChI is InChI=1S/C16H20Br2N2O/c1-5-13-16(18)14(20(6-2)19-13)9-21-12-7-10(3)15(17)11(4)8-12/h7-8H,5-6,9H2,1-4H3. The second kappa shape index (κ2) is 6.97. The summed E-state index contributed by atoms with van der Waals surface area (Å²) in [5, 5.41) is 4.59. The van der Waals surface area contributed by atoms with Crippen molar-refractivity contribution < 1.29 is 4.74 Å². The molecule has 3 nitrogen and oxygen atoms in total. The second-order valence-corrected chi connectivity index (χ2v) is 6.62. The average molecular weight is 416 g/mol. The van der Waals surface area contributed by atoms with E-state index in [4.69, 9.17) is 4.74 Å². The molecule has 0 amide bonds. The Morgan fingerprint density at radius 1 is 1.10 bits per heavy atom. The molecular weight excluding hydrogens is 396 g/mol. The van der Waals surface area contributed by atoms with Crippen molar-refractivity contribution in [1.29, 1.82) is 0 Å². The van der Waals surface area contributed by atoms with Gasteiger partial charge in [-0.1, -0.05) is 22.9 Å². The van der Waals surface area contributed by atoms with Gasteiger partial charge in [0.15, 0.2) is 0 Å². The lowest BCUT2D eigenvalue weighted by Gasteiger charge is -2.11. The first-order valence-electron chi connectivity index (χ1n) is 7.11. The first kappa shape index (κ1) is 16.6. The third-order valence-electron chi connectivity index (χ3n) is 3.48. The van der Waals surface area contributed by atoms with Crippen LogP contribution in [0.5, 0.6) is 5.75 Å².